The van der Waals surface area contributed by atoms with Crippen LogP contribution in [-0.2, 0) is 16.1 Å². The van der Waals surface area contributed by atoms with E-state index in [9.17, 15) is 14.0 Å². The Hall–Kier alpha value is -2.92. The van der Waals surface area contributed by atoms with Crippen LogP contribution in [0.3, 0.4) is 0 Å². The number of fused-ring (bicyclic) bond motifs is 1. The Morgan fingerprint density at radius 1 is 1.28 bits per heavy atom. The third-order valence-electron chi connectivity index (χ3n) is 4.59. The van der Waals surface area contributed by atoms with Crippen molar-refractivity contribution in [2.24, 2.45) is 0 Å². The lowest BCUT2D eigenvalue weighted by Gasteiger charge is -2.13. The van der Waals surface area contributed by atoms with Crippen molar-refractivity contribution in [1.82, 2.24) is 0 Å². The molecule has 1 heterocycles. The van der Waals surface area contributed by atoms with Crippen molar-refractivity contribution in [3.8, 4) is 0 Å². The molecule has 0 fully saturated rings. The van der Waals surface area contributed by atoms with Crippen molar-refractivity contribution in [2.45, 2.75) is 33.3 Å². The molecule has 0 atom stereocenters. The summed E-state index contributed by atoms with van der Waals surface area (Å²) in [5.74, 6) is -0.929. The molecule has 3 aromatic rings. The van der Waals surface area contributed by atoms with Gasteiger partial charge in [0.25, 0.3) is 0 Å². The second kappa shape index (κ2) is 8.62. The van der Waals surface area contributed by atoms with E-state index in [2.05, 4.69) is 13.8 Å². The molecule has 29 heavy (non-hydrogen) atoms. The lowest BCUT2D eigenvalue weighted by molar-refractivity contribution is -0.138. The van der Waals surface area contributed by atoms with E-state index in [-0.39, 0.29) is 23.1 Å². The standard InChI is InChI=1S/C23H20ClFO4/c1-13(2)17-11-18-15(10-23(27)29-21(18)9-14(17)3)12-28-22(26)8-7-16-19(24)5-4-6-20(16)25/h4-11,13H,12H2,1-3H3/b8-7+. The van der Waals surface area contributed by atoms with E-state index in [4.69, 9.17) is 20.8 Å². The van der Waals surface area contributed by atoms with Gasteiger partial charge in [-0.25, -0.2) is 14.0 Å². The first kappa shape index (κ1) is 20.8. The largest absolute Gasteiger partial charge is 0.458 e. The zero-order valence-electron chi connectivity index (χ0n) is 16.3. The number of hydrogen-bond acceptors (Lipinski definition) is 4. The van der Waals surface area contributed by atoms with Crippen LogP contribution < -0.4 is 5.63 Å². The fourth-order valence-corrected chi connectivity index (χ4v) is 3.38. The summed E-state index contributed by atoms with van der Waals surface area (Å²) in [6.45, 7) is 5.99. The van der Waals surface area contributed by atoms with E-state index in [1.807, 2.05) is 19.1 Å². The number of carbonyl (C=O) groups is 1. The number of hydrogen-bond donors (Lipinski definition) is 0. The molecule has 3 rings (SSSR count). The minimum absolute atomic E-state index is 0.106. The fraction of sp³-hybridized carbons (Fsp3) is 0.217. The highest BCUT2D eigenvalue weighted by Gasteiger charge is 2.12. The summed E-state index contributed by atoms with van der Waals surface area (Å²) in [7, 11) is 0. The summed E-state index contributed by atoms with van der Waals surface area (Å²) in [5.41, 5.74) is 2.72. The minimum Gasteiger partial charge on any atom is -0.458 e. The zero-order chi connectivity index (χ0) is 21.1. The monoisotopic (exact) mass is 414 g/mol. The van der Waals surface area contributed by atoms with Crippen LogP contribution in [0.1, 0.15) is 42.0 Å². The van der Waals surface area contributed by atoms with Gasteiger partial charge >= 0.3 is 11.6 Å². The summed E-state index contributed by atoms with van der Waals surface area (Å²) >= 11 is 5.93. The van der Waals surface area contributed by atoms with E-state index >= 15 is 0 Å². The maximum absolute atomic E-state index is 13.8. The van der Waals surface area contributed by atoms with Crippen molar-refractivity contribution in [3.63, 3.8) is 0 Å². The quantitative estimate of drug-likeness (QED) is 0.302. The van der Waals surface area contributed by atoms with Crippen molar-refractivity contribution in [3.05, 3.63) is 86.0 Å². The molecule has 0 spiro atoms. The lowest BCUT2D eigenvalue weighted by atomic mass is 9.95. The average molecular weight is 415 g/mol. The predicted molar refractivity (Wildman–Crippen MR) is 112 cm³/mol. The number of esters is 1. The van der Waals surface area contributed by atoms with Gasteiger partial charge in [-0.1, -0.05) is 31.5 Å². The van der Waals surface area contributed by atoms with Crippen molar-refractivity contribution in [2.75, 3.05) is 0 Å². The number of halogens is 2. The van der Waals surface area contributed by atoms with Gasteiger partial charge in [-0.15, -0.1) is 0 Å². The van der Waals surface area contributed by atoms with Crippen LogP contribution >= 0.6 is 11.6 Å². The Labute approximate surface area is 172 Å². The topological polar surface area (TPSA) is 56.5 Å². The first-order valence-electron chi connectivity index (χ1n) is 9.12. The highest BCUT2D eigenvalue weighted by Crippen LogP contribution is 2.27. The summed E-state index contributed by atoms with van der Waals surface area (Å²) < 4.78 is 24.3. The molecule has 0 saturated carbocycles. The number of ether oxygens (including phenoxy) is 1. The first-order chi connectivity index (χ1) is 13.8. The normalized spacial score (nSPS) is 11.5. The number of rotatable bonds is 5. The molecule has 0 N–H and O–H groups in total. The average Bonchev–Trinajstić information content (AvgIpc) is 2.64. The number of benzene rings is 2. The van der Waals surface area contributed by atoms with Gasteiger partial charge in [-0.3, -0.25) is 0 Å². The summed E-state index contributed by atoms with van der Waals surface area (Å²) in [5, 5.41) is 0.908. The highest BCUT2D eigenvalue weighted by atomic mass is 35.5. The predicted octanol–water partition coefficient (Wildman–Crippen LogP) is 5.77. The smallest absolute Gasteiger partial charge is 0.336 e. The number of carbonyl (C=O) groups excluding carboxylic acids is 1. The van der Waals surface area contributed by atoms with E-state index in [1.165, 1.54) is 30.3 Å². The molecule has 150 valence electrons. The van der Waals surface area contributed by atoms with Crippen molar-refractivity contribution < 1.29 is 18.3 Å². The molecule has 4 nitrogen and oxygen atoms in total. The molecule has 0 unspecified atom stereocenters. The fourth-order valence-electron chi connectivity index (χ4n) is 3.15. The summed E-state index contributed by atoms with van der Waals surface area (Å²) in [6.07, 6.45) is 2.36. The summed E-state index contributed by atoms with van der Waals surface area (Å²) in [4.78, 5) is 24.0. The maximum atomic E-state index is 13.8. The first-order valence-corrected chi connectivity index (χ1v) is 9.50. The number of aryl methyl sites for hydroxylation is 1. The van der Waals surface area contributed by atoms with Crippen LogP contribution in [0, 0.1) is 12.7 Å². The third-order valence-corrected chi connectivity index (χ3v) is 4.92. The molecule has 2 aromatic carbocycles. The molecule has 0 aliphatic heterocycles. The van der Waals surface area contributed by atoms with Crippen LogP contribution in [0.5, 0.6) is 0 Å². The Bertz CT molecular complexity index is 1140. The molecular formula is C23H20ClFO4. The molecule has 0 bridgehead atoms. The van der Waals surface area contributed by atoms with Crippen LogP contribution in [0.2, 0.25) is 5.02 Å². The van der Waals surface area contributed by atoms with Crippen LogP contribution in [0.15, 0.2) is 51.7 Å². The SMILES string of the molecule is Cc1cc2oc(=O)cc(COC(=O)/C=C/c3c(F)cccc3Cl)c2cc1C(C)C. The highest BCUT2D eigenvalue weighted by molar-refractivity contribution is 6.32. The van der Waals surface area contributed by atoms with Gasteiger partial charge < -0.3 is 9.15 Å². The van der Waals surface area contributed by atoms with Crippen LogP contribution in [0.4, 0.5) is 4.39 Å². The minimum atomic E-state index is -0.679. The summed E-state index contributed by atoms with van der Waals surface area (Å²) in [6, 6.07) is 9.34. The Morgan fingerprint density at radius 3 is 2.72 bits per heavy atom. The van der Waals surface area contributed by atoms with Gasteiger partial charge in [0, 0.05) is 28.7 Å². The van der Waals surface area contributed by atoms with Gasteiger partial charge in [0.15, 0.2) is 0 Å². The molecule has 1 aromatic heterocycles. The van der Waals surface area contributed by atoms with Gasteiger partial charge in [0.2, 0.25) is 0 Å². The van der Waals surface area contributed by atoms with Gasteiger partial charge in [0.1, 0.15) is 18.0 Å². The van der Waals surface area contributed by atoms with E-state index in [1.54, 1.807) is 0 Å². The van der Waals surface area contributed by atoms with Gasteiger partial charge in [0.05, 0.1) is 5.02 Å². The van der Waals surface area contributed by atoms with Crippen LogP contribution in [0.25, 0.3) is 17.0 Å². The van der Waals surface area contributed by atoms with Gasteiger partial charge in [-0.05, 0) is 54.3 Å². The Balaban J connectivity index is 1.84. The molecule has 0 aliphatic carbocycles. The lowest BCUT2D eigenvalue weighted by Crippen LogP contribution is -2.06. The van der Waals surface area contributed by atoms with E-state index < -0.39 is 17.4 Å². The van der Waals surface area contributed by atoms with Crippen LogP contribution in [-0.4, -0.2) is 5.97 Å². The molecule has 0 saturated heterocycles. The maximum Gasteiger partial charge on any atom is 0.336 e. The van der Waals surface area contributed by atoms with Crippen molar-refractivity contribution >= 4 is 34.6 Å². The van der Waals surface area contributed by atoms with E-state index in [0.29, 0.717) is 16.5 Å². The van der Waals surface area contributed by atoms with E-state index in [0.717, 1.165) is 17.2 Å². The van der Waals surface area contributed by atoms with Gasteiger partial charge in [-0.2, -0.15) is 0 Å². The second-order valence-corrected chi connectivity index (χ2v) is 7.43. The molecule has 0 aliphatic rings. The van der Waals surface area contributed by atoms with Crippen molar-refractivity contribution in [1.29, 1.82) is 0 Å². The Kier molecular flexibility index (Phi) is 6.18. The zero-order valence-corrected chi connectivity index (χ0v) is 17.0. The molecule has 0 radical (unpaired) electrons. The third kappa shape index (κ3) is 4.74. The Morgan fingerprint density at radius 2 is 2.03 bits per heavy atom. The second-order valence-electron chi connectivity index (χ2n) is 7.03. The molecule has 6 heteroatoms. The molecule has 0 amide bonds. The molecular weight excluding hydrogens is 395 g/mol.